The molecule has 0 radical (unpaired) electrons. The van der Waals surface area contributed by atoms with Crippen LogP contribution in [0.2, 0.25) is 0 Å². The van der Waals surface area contributed by atoms with Crippen molar-refractivity contribution in [2.45, 2.75) is 77.6 Å². The van der Waals surface area contributed by atoms with Gasteiger partial charge in [0.25, 0.3) is 0 Å². The van der Waals surface area contributed by atoms with E-state index >= 15 is 17.6 Å². The first-order chi connectivity index (χ1) is 34.7. The van der Waals surface area contributed by atoms with Gasteiger partial charge < -0.3 is 0 Å². The molecule has 71 heavy (non-hydrogen) atoms. The number of hydrogen-bond donors (Lipinski definition) is 0. The molecule has 0 heterocycles. The Morgan fingerprint density at radius 1 is 0.535 bits per heavy atom. The predicted molar refractivity (Wildman–Crippen MR) is 271 cm³/mol. The Morgan fingerprint density at radius 2 is 0.915 bits per heavy atom. The number of unbranched alkanes of at least 4 members (excludes halogenated alkanes) is 2. The number of allylic oxidation sites excluding steroid dienone is 8. The first-order valence-corrected chi connectivity index (χ1v) is 28.4. The van der Waals surface area contributed by atoms with Gasteiger partial charge in [0.15, 0.2) is 0 Å². The van der Waals surface area contributed by atoms with Crippen LogP contribution in [0.15, 0.2) is 141 Å². The third kappa shape index (κ3) is 15.5. The van der Waals surface area contributed by atoms with E-state index in [4.69, 9.17) is 18.9 Å². The van der Waals surface area contributed by atoms with Gasteiger partial charge in [-0.1, -0.05) is 26.7 Å². The standard InChI is InChI=1S/2C24H30F2NO3.2C5H5.Ti/c2*1-2-3-14-29-16-17-30-15-13-27(24(28)22-11-7-8-12-23(22)26)19-21(25)18-20-9-5-4-6-10-20;2*1-2-4-5-3-1;/h2*4-9,11-12,21H,2-3,13-19H2,1H3;2*1-3H,4H2;. The third-order valence-electron chi connectivity index (χ3n) is 12.9. The first kappa shape index (κ1) is 55.4. The molecule has 2 atom stereocenters. The van der Waals surface area contributed by atoms with E-state index in [1.807, 2.05) is 36.4 Å². The molecule has 2 unspecified atom stereocenters. The van der Waals surface area contributed by atoms with E-state index in [0.717, 1.165) is 44.5 Å². The van der Waals surface area contributed by atoms with Gasteiger partial charge in [-0.3, -0.25) is 0 Å². The number of halogens is 4. The van der Waals surface area contributed by atoms with Gasteiger partial charge >= 0.3 is 371 Å². The average Bonchev–Trinajstić information content (AvgIpc) is 4.13. The molecule has 4 aromatic rings. The van der Waals surface area contributed by atoms with Crippen molar-refractivity contribution < 1.29 is 62.7 Å². The van der Waals surface area contributed by atoms with Crippen LogP contribution in [0.3, 0.4) is 0 Å². The third-order valence-corrected chi connectivity index (χ3v) is 21.1. The van der Waals surface area contributed by atoms with Crippen molar-refractivity contribution in [3.05, 3.63) is 175 Å². The van der Waals surface area contributed by atoms with Crippen LogP contribution < -0.4 is 7.74 Å². The molecule has 0 bridgehead atoms. The molecule has 380 valence electrons. The number of benzene rings is 4. The van der Waals surface area contributed by atoms with Gasteiger partial charge in [0.05, 0.1) is 0 Å². The van der Waals surface area contributed by atoms with E-state index in [-0.39, 0.29) is 63.4 Å². The van der Waals surface area contributed by atoms with Gasteiger partial charge in [-0.15, -0.1) is 0 Å². The molecule has 0 saturated heterocycles. The second-order valence-electron chi connectivity index (χ2n) is 17.9. The molecule has 0 fully saturated rings. The maximum atomic E-state index is 17.1. The molecule has 2 aliphatic rings. The summed E-state index contributed by atoms with van der Waals surface area (Å²) < 4.78 is 91.5. The van der Waals surface area contributed by atoms with E-state index in [1.165, 1.54) is 54.0 Å². The summed E-state index contributed by atoms with van der Waals surface area (Å²) in [6.45, 7) is 6.55. The van der Waals surface area contributed by atoms with E-state index in [1.54, 1.807) is 12.1 Å². The molecule has 2 amide bonds. The summed E-state index contributed by atoms with van der Waals surface area (Å²) in [5.74, 6) is -2.62. The van der Waals surface area contributed by atoms with Crippen molar-refractivity contribution in [3.63, 3.8) is 0 Å². The Kier molecular flexibility index (Phi) is 23.0. The van der Waals surface area contributed by atoms with Crippen molar-refractivity contribution in [3.8, 4) is 0 Å². The van der Waals surface area contributed by atoms with Gasteiger partial charge in [-0.2, -0.15) is 0 Å². The zero-order valence-electron chi connectivity index (χ0n) is 41.4. The normalized spacial score (nSPS) is 14.1. The van der Waals surface area contributed by atoms with Crippen LogP contribution in [0.4, 0.5) is 17.6 Å². The molecule has 13 heteroatoms. The Balaban J connectivity index is 1.29. The van der Waals surface area contributed by atoms with E-state index < -0.39 is 52.4 Å². The quantitative estimate of drug-likeness (QED) is 0.0276. The van der Waals surface area contributed by atoms with Crippen molar-refractivity contribution in [1.29, 1.82) is 0 Å². The molecule has 0 spiro atoms. The second-order valence-corrected chi connectivity index (χ2v) is 24.0. The minimum absolute atomic E-state index is 0.0360. The van der Waals surface area contributed by atoms with Gasteiger partial charge in [0.1, 0.15) is 0 Å². The van der Waals surface area contributed by atoms with Crippen molar-refractivity contribution >= 4 is 19.6 Å². The van der Waals surface area contributed by atoms with Crippen LogP contribution in [-0.2, 0) is 48.4 Å². The fraction of sp³-hybridized carbons (Fsp3) is 0.414. The van der Waals surface area contributed by atoms with E-state index in [9.17, 15) is 9.59 Å². The fourth-order valence-electron chi connectivity index (χ4n) is 9.35. The summed E-state index contributed by atoms with van der Waals surface area (Å²) in [7, 11) is 0. The molecule has 0 N–H and O–H groups in total. The van der Waals surface area contributed by atoms with Gasteiger partial charge in [0, 0.05) is 13.2 Å². The number of hydrogen-bond acceptors (Lipinski definition) is 6. The summed E-state index contributed by atoms with van der Waals surface area (Å²) in [4.78, 5) is 30.5. The van der Waals surface area contributed by atoms with Crippen LogP contribution in [0.5, 0.6) is 0 Å². The summed E-state index contributed by atoms with van der Waals surface area (Å²) in [5, 5.41) is 0. The molecule has 0 saturated carbocycles. The maximum absolute atomic E-state index is 17.1. The minimum atomic E-state index is -4.10. The topological polar surface area (TPSA) is 77.5 Å². The zero-order chi connectivity index (χ0) is 50.3. The Morgan fingerprint density at radius 3 is 1.30 bits per heavy atom. The second kappa shape index (κ2) is 29.5. The zero-order valence-corrected chi connectivity index (χ0v) is 42.9. The van der Waals surface area contributed by atoms with Crippen LogP contribution in [0, 0.1) is 11.6 Å². The summed E-state index contributed by atoms with van der Waals surface area (Å²) in [6.07, 6.45) is 14.8. The van der Waals surface area contributed by atoms with Gasteiger partial charge in [-0.05, 0) is 12.8 Å². The molecular formula is C58H70F4N2O6Ti. The summed E-state index contributed by atoms with van der Waals surface area (Å²) in [6, 6.07) is 27.3. The average molecular weight is 1020 g/mol. The van der Waals surface area contributed by atoms with E-state index in [0.29, 0.717) is 52.5 Å². The molecule has 0 aromatic heterocycles. The monoisotopic (exact) mass is 1010 g/mol. The van der Waals surface area contributed by atoms with Crippen molar-refractivity contribution in [2.24, 2.45) is 0 Å². The van der Waals surface area contributed by atoms with Crippen LogP contribution >= 0.6 is 0 Å². The number of carbonyl (C=O) groups excluding carboxylic acids is 2. The van der Waals surface area contributed by atoms with Crippen molar-refractivity contribution in [1.82, 2.24) is 9.80 Å². The fourth-order valence-corrected chi connectivity index (χ4v) is 18.2. The number of amides is 2. The van der Waals surface area contributed by atoms with Crippen LogP contribution in [0.1, 0.15) is 84.2 Å². The van der Waals surface area contributed by atoms with Crippen LogP contribution in [-0.4, -0.2) is 113 Å². The molecule has 0 aliphatic heterocycles. The SMILES string of the molecule is CCCCOCCOCCN(CC(F)Cc1cccc[c]1[Ti]([C]1=CC=CC1)([C]1=CC=CC1)[c]1ccccc1CC(F)CN(CCOCCOCCCC)C(=O)c1ccccc1F)C(=O)c1ccccc1F. The van der Waals surface area contributed by atoms with Crippen molar-refractivity contribution in [2.75, 3.05) is 79.0 Å². The Bertz CT molecular complexity index is 2280. The van der Waals surface area contributed by atoms with Gasteiger partial charge in [-0.25, -0.2) is 0 Å². The predicted octanol–water partition coefficient (Wildman–Crippen LogP) is 10.5. The van der Waals surface area contributed by atoms with E-state index in [2.05, 4.69) is 62.4 Å². The Hall–Kier alpha value is -4.95. The summed E-state index contributed by atoms with van der Waals surface area (Å²) >= 11 is -4.10. The summed E-state index contributed by atoms with van der Waals surface area (Å²) in [5.41, 5.74) is 1.28. The number of carbonyl (C=O) groups is 2. The molecular weight excluding hydrogens is 945 g/mol. The van der Waals surface area contributed by atoms with Gasteiger partial charge in [0.2, 0.25) is 0 Å². The molecule has 4 aromatic carbocycles. The number of ether oxygens (including phenoxy) is 4. The Labute approximate surface area is 421 Å². The number of alkyl halides is 2. The first-order valence-electron chi connectivity index (χ1n) is 25.2. The number of rotatable bonds is 32. The number of nitrogens with zero attached hydrogens (tertiary/aromatic N) is 2. The molecule has 8 nitrogen and oxygen atoms in total. The molecule has 6 rings (SSSR count). The van der Waals surface area contributed by atoms with Crippen LogP contribution in [0.25, 0.3) is 0 Å². The molecule has 2 aliphatic carbocycles.